The largest absolute Gasteiger partial charge is 0.497 e. The third kappa shape index (κ3) is 3.09. The molecule has 1 aliphatic carbocycles. The van der Waals surface area contributed by atoms with Crippen molar-refractivity contribution in [3.05, 3.63) is 29.3 Å². The molecule has 1 unspecified atom stereocenters. The van der Waals surface area contributed by atoms with Gasteiger partial charge in [0.15, 0.2) is 0 Å². The predicted molar refractivity (Wildman–Crippen MR) is 82.2 cm³/mol. The number of methoxy groups -OCH3 is 1. The van der Waals surface area contributed by atoms with Crippen molar-refractivity contribution in [1.82, 2.24) is 5.32 Å². The Morgan fingerprint density at radius 1 is 1.21 bits per heavy atom. The molecule has 1 atom stereocenters. The summed E-state index contributed by atoms with van der Waals surface area (Å²) in [5.41, 5.74) is 2.98. The molecule has 1 aromatic rings. The minimum absolute atomic E-state index is 0.534. The lowest BCUT2D eigenvalue weighted by atomic mass is 9.87. The molecule has 2 aliphatic rings. The number of thioether (sulfide) groups is 1. The molecule has 1 heterocycles. The molecule has 104 valence electrons. The number of hydrogen-bond acceptors (Lipinski definition) is 3. The summed E-state index contributed by atoms with van der Waals surface area (Å²) >= 11 is 2.09. The monoisotopic (exact) mass is 277 g/mol. The third-order valence-corrected chi connectivity index (χ3v) is 5.37. The van der Waals surface area contributed by atoms with Crippen molar-refractivity contribution in [3.8, 4) is 5.75 Å². The molecular weight excluding hydrogens is 254 g/mol. The van der Waals surface area contributed by atoms with Crippen LogP contribution in [0.25, 0.3) is 0 Å². The standard InChI is InChI=1S/C16H23NOS/c1-18-14-6-5-12-3-2-4-16(15(12)11-14)17-13-7-9-19-10-8-13/h5-6,11,13,16-17H,2-4,7-10H2,1H3. The van der Waals surface area contributed by atoms with Gasteiger partial charge in [0.05, 0.1) is 7.11 Å². The maximum absolute atomic E-state index is 5.39. The van der Waals surface area contributed by atoms with Crippen molar-refractivity contribution in [3.63, 3.8) is 0 Å². The fourth-order valence-corrected chi connectivity index (χ4v) is 4.33. The van der Waals surface area contributed by atoms with Crippen molar-refractivity contribution in [2.24, 2.45) is 0 Å². The van der Waals surface area contributed by atoms with Crippen LogP contribution in [-0.2, 0) is 6.42 Å². The summed E-state index contributed by atoms with van der Waals surface area (Å²) in [5, 5.41) is 3.90. The maximum atomic E-state index is 5.39. The predicted octanol–water partition coefficient (Wildman–Crippen LogP) is 3.56. The summed E-state index contributed by atoms with van der Waals surface area (Å²) in [7, 11) is 1.76. The Bertz CT molecular complexity index is 429. The maximum Gasteiger partial charge on any atom is 0.119 e. The minimum atomic E-state index is 0.534. The number of rotatable bonds is 3. The molecule has 19 heavy (non-hydrogen) atoms. The van der Waals surface area contributed by atoms with Gasteiger partial charge in [-0.3, -0.25) is 0 Å². The number of benzene rings is 1. The van der Waals surface area contributed by atoms with Gasteiger partial charge in [0.25, 0.3) is 0 Å². The SMILES string of the molecule is COc1ccc2c(c1)C(NC1CCSCC1)CCC2. The van der Waals surface area contributed by atoms with Gasteiger partial charge in [-0.2, -0.15) is 11.8 Å². The molecule has 0 saturated carbocycles. The van der Waals surface area contributed by atoms with Crippen LogP contribution in [0.4, 0.5) is 0 Å². The molecule has 3 rings (SSSR count). The van der Waals surface area contributed by atoms with E-state index in [0.717, 1.165) is 5.75 Å². The third-order valence-electron chi connectivity index (χ3n) is 4.33. The van der Waals surface area contributed by atoms with Crippen molar-refractivity contribution < 1.29 is 4.74 Å². The zero-order valence-electron chi connectivity index (χ0n) is 11.7. The minimum Gasteiger partial charge on any atom is -0.497 e. The van der Waals surface area contributed by atoms with Gasteiger partial charge >= 0.3 is 0 Å². The fourth-order valence-electron chi connectivity index (χ4n) is 3.23. The lowest BCUT2D eigenvalue weighted by molar-refractivity contribution is 0.374. The average molecular weight is 277 g/mol. The summed E-state index contributed by atoms with van der Waals surface area (Å²) in [6, 6.07) is 7.83. The molecule has 0 aromatic heterocycles. The van der Waals surface area contributed by atoms with Gasteiger partial charge < -0.3 is 10.1 Å². The van der Waals surface area contributed by atoms with Crippen LogP contribution < -0.4 is 10.1 Å². The average Bonchev–Trinajstić information content (AvgIpc) is 2.48. The Hall–Kier alpha value is -0.670. The van der Waals surface area contributed by atoms with Crippen molar-refractivity contribution >= 4 is 11.8 Å². The molecule has 0 spiro atoms. The molecule has 0 amide bonds. The lowest BCUT2D eigenvalue weighted by Crippen LogP contribution is -2.37. The summed E-state index contributed by atoms with van der Waals surface area (Å²) in [5.74, 6) is 3.62. The van der Waals surface area contributed by atoms with Crippen LogP contribution in [0.15, 0.2) is 18.2 Å². The molecule has 1 saturated heterocycles. The highest BCUT2D eigenvalue weighted by atomic mass is 32.2. The number of fused-ring (bicyclic) bond motifs is 1. The first-order valence-corrected chi connectivity index (χ1v) is 8.53. The van der Waals surface area contributed by atoms with Gasteiger partial charge in [-0.25, -0.2) is 0 Å². The van der Waals surface area contributed by atoms with Gasteiger partial charge in [0, 0.05) is 12.1 Å². The van der Waals surface area contributed by atoms with Crippen LogP contribution in [0.3, 0.4) is 0 Å². The summed E-state index contributed by atoms with van der Waals surface area (Å²) < 4.78 is 5.39. The van der Waals surface area contributed by atoms with E-state index < -0.39 is 0 Å². The second-order valence-electron chi connectivity index (χ2n) is 5.56. The van der Waals surface area contributed by atoms with Crippen LogP contribution in [0.2, 0.25) is 0 Å². The zero-order chi connectivity index (χ0) is 13.1. The highest BCUT2D eigenvalue weighted by Crippen LogP contribution is 2.33. The Labute approximate surface area is 120 Å². The molecule has 1 aliphatic heterocycles. The van der Waals surface area contributed by atoms with Crippen LogP contribution in [0, 0.1) is 0 Å². The van der Waals surface area contributed by atoms with Gasteiger partial charge in [0.1, 0.15) is 5.75 Å². The lowest BCUT2D eigenvalue weighted by Gasteiger charge is -2.32. The molecule has 2 nitrogen and oxygen atoms in total. The summed E-state index contributed by atoms with van der Waals surface area (Å²) in [6.45, 7) is 0. The first-order valence-electron chi connectivity index (χ1n) is 7.37. The van der Waals surface area contributed by atoms with Gasteiger partial charge in [0.2, 0.25) is 0 Å². The van der Waals surface area contributed by atoms with E-state index >= 15 is 0 Å². The Balaban J connectivity index is 1.76. The zero-order valence-corrected chi connectivity index (χ0v) is 12.5. The van der Waals surface area contributed by atoms with E-state index in [2.05, 4.69) is 35.3 Å². The summed E-state index contributed by atoms with van der Waals surface area (Å²) in [6.07, 6.45) is 6.43. The molecule has 1 fully saturated rings. The normalized spacial score (nSPS) is 23.9. The van der Waals surface area contributed by atoms with Crippen molar-refractivity contribution in [2.75, 3.05) is 18.6 Å². The topological polar surface area (TPSA) is 21.3 Å². The van der Waals surface area contributed by atoms with E-state index in [1.165, 1.54) is 54.7 Å². The highest BCUT2D eigenvalue weighted by molar-refractivity contribution is 7.99. The van der Waals surface area contributed by atoms with Gasteiger partial charge in [-0.1, -0.05) is 6.07 Å². The molecule has 1 N–H and O–H groups in total. The number of nitrogens with one attached hydrogen (secondary N) is 1. The van der Waals surface area contributed by atoms with E-state index in [4.69, 9.17) is 4.74 Å². The van der Waals surface area contributed by atoms with Crippen LogP contribution >= 0.6 is 11.8 Å². The van der Waals surface area contributed by atoms with E-state index in [-0.39, 0.29) is 0 Å². The molecular formula is C16H23NOS. The Kier molecular flexibility index (Phi) is 4.34. The highest BCUT2D eigenvalue weighted by Gasteiger charge is 2.24. The van der Waals surface area contributed by atoms with E-state index in [9.17, 15) is 0 Å². The Morgan fingerprint density at radius 3 is 2.84 bits per heavy atom. The first kappa shape index (κ1) is 13.3. The van der Waals surface area contributed by atoms with E-state index in [1.54, 1.807) is 7.11 Å². The second kappa shape index (κ2) is 6.19. The molecule has 1 aromatic carbocycles. The van der Waals surface area contributed by atoms with Crippen LogP contribution in [0.5, 0.6) is 5.75 Å². The fraction of sp³-hybridized carbons (Fsp3) is 0.625. The van der Waals surface area contributed by atoms with E-state index in [0.29, 0.717) is 12.1 Å². The van der Waals surface area contributed by atoms with Gasteiger partial charge in [-0.15, -0.1) is 0 Å². The number of hydrogen-bond donors (Lipinski definition) is 1. The quantitative estimate of drug-likeness (QED) is 0.913. The van der Waals surface area contributed by atoms with Crippen molar-refractivity contribution in [2.45, 2.75) is 44.2 Å². The number of ether oxygens (including phenoxy) is 1. The van der Waals surface area contributed by atoms with Crippen molar-refractivity contribution in [1.29, 1.82) is 0 Å². The smallest absolute Gasteiger partial charge is 0.119 e. The van der Waals surface area contributed by atoms with Crippen LogP contribution in [0.1, 0.15) is 42.9 Å². The van der Waals surface area contributed by atoms with E-state index in [1.807, 2.05) is 0 Å². The summed E-state index contributed by atoms with van der Waals surface area (Å²) in [4.78, 5) is 0. The molecule has 0 radical (unpaired) electrons. The second-order valence-corrected chi connectivity index (χ2v) is 6.79. The first-order chi connectivity index (χ1) is 9.36. The molecule has 3 heteroatoms. The van der Waals surface area contributed by atoms with Crippen LogP contribution in [-0.4, -0.2) is 24.7 Å². The Morgan fingerprint density at radius 2 is 2.05 bits per heavy atom. The number of aryl methyl sites for hydroxylation is 1. The van der Waals surface area contributed by atoms with Gasteiger partial charge in [-0.05, 0) is 66.9 Å². The molecule has 0 bridgehead atoms.